The van der Waals surface area contributed by atoms with Crippen LogP contribution >= 0.6 is 11.3 Å². The lowest BCUT2D eigenvalue weighted by atomic mass is 9.89. The molecule has 0 spiro atoms. The number of likely N-dealkylation sites (tertiary alicyclic amines) is 1. The van der Waals surface area contributed by atoms with E-state index in [2.05, 4.69) is 22.4 Å². The van der Waals surface area contributed by atoms with E-state index in [1.54, 1.807) is 0 Å². The number of halogens is 2. The Hall–Kier alpha value is -3.36. The number of hydrogen-bond acceptors (Lipinski definition) is 5. The van der Waals surface area contributed by atoms with Crippen molar-refractivity contribution in [2.75, 3.05) is 18.4 Å². The standard InChI is InChI=1S/C27H25F2N3O2S/c28-21-10-17(11-22(29)12-21)13-30-25-23(14-31-24-20(15-33)16-35-26(24)25)27(34)32-8-6-19(7-9-32)18-4-2-1-3-5-18/h1-5,10-12,14,16,19,33H,6-9,13,15H2,(H,30,31). The first kappa shape index (κ1) is 23.4. The van der Waals surface area contributed by atoms with Gasteiger partial charge in [-0.2, -0.15) is 0 Å². The summed E-state index contributed by atoms with van der Waals surface area (Å²) in [6.07, 6.45) is 3.29. The molecule has 1 aliphatic rings. The Labute approximate surface area is 206 Å². The number of aliphatic hydroxyl groups excluding tert-OH is 1. The molecule has 0 atom stereocenters. The van der Waals surface area contributed by atoms with E-state index in [1.807, 2.05) is 28.5 Å². The van der Waals surface area contributed by atoms with Crippen LogP contribution in [0.15, 0.2) is 60.1 Å². The fourth-order valence-corrected chi connectivity index (χ4v) is 5.73. The van der Waals surface area contributed by atoms with Crippen molar-refractivity contribution in [2.24, 2.45) is 0 Å². The highest BCUT2D eigenvalue weighted by atomic mass is 32.1. The van der Waals surface area contributed by atoms with E-state index in [9.17, 15) is 18.7 Å². The Balaban J connectivity index is 1.41. The third-order valence-electron chi connectivity index (χ3n) is 6.50. The van der Waals surface area contributed by atoms with E-state index in [-0.39, 0.29) is 19.1 Å². The molecule has 0 radical (unpaired) electrons. The molecule has 35 heavy (non-hydrogen) atoms. The number of hydrogen-bond donors (Lipinski definition) is 2. The minimum atomic E-state index is -0.655. The van der Waals surface area contributed by atoms with Gasteiger partial charge in [0.05, 0.1) is 28.1 Å². The van der Waals surface area contributed by atoms with Gasteiger partial charge in [-0.25, -0.2) is 8.78 Å². The Morgan fingerprint density at radius 3 is 2.51 bits per heavy atom. The number of nitrogens with one attached hydrogen (secondary N) is 1. The molecular formula is C27H25F2N3O2S. The number of amides is 1. The number of rotatable bonds is 6. The van der Waals surface area contributed by atoms with Gasteiger partial charge in [-0.15, -0.1) is 11.3 Å². The first-order valence-electron chi connectivity index (χ1n) is 11.6. The van der Waals surface area contributed by atoms with Crippen LogP contribution < -0.4 is 5.32 Å². The summed E-state index contributed by atoms with van der Waals surface area (Å²) in [6, 6.07) is 13.7. The van der Waals surface area contributed by atoms with Gasteiger partial charge in [0.15, 0.2) is 0 Å². The largest absolute Gasteiger partial charge is 0.392 e. The Morgan fingerprint density at radius 2 is 1.83 bits per heavy atom. The number of thiophene rings is 1. The number of benzene rings is 2. The molecule has 2 aromatic carbocycles. The van der Waals surface area contributed by atoms with Gasteiger partial charge in [0.2, 0.25) is 0 Å². The van der Waals surface area contributed by atoms with E-state index in [1.165, 1.54) is 35.2 Å². The third-order valence-corrected chi connectivity index (χ3v) is 7.54. The lowest BCUT2D eigenvalue weighted by Gasteiger charge is -2.32. The second-order valence-corrected chi connectivity index (χ2v) is 9.63. The van der Waals surface area contributed by atoms with Crippen molar-refractivity contribution in [1.82, 2.24) is 9.88 Å². The maximum absolute atomic E-state index is 13.7. The van der Waals surface area contributed by atoms with E-state index in [0.717, 1.165) is 23.6 Å². The molecule has 2 aromatic heterocycles. The predicted molar refractivity (Wildman–Crippen MR) is 134 cm³/mol. The number of fused-ring (bicyclic) bond motifs is 1. The average Bonchev–Trinajstić information content (AvgIpc) is 3.30. The molecule has 8 heteroatoms. The molecule has 1 saturated heterocycles. The van der Waals surface area contributed by atoms with Crippen LogP contribution in [0.3, 0.4) is 0 Å². The minimum Gasteiger partial charge on any atom is -0.392 e. The fourth-order valence-electron chi connectivity index (χ4n) is 4.69. The lowest BCUT2D eigenvalue weighted by Crippen LogP contribution is -2.38. The molecule has 2 N–H and O–H groups in total. The van der Waals surface area contributed by atoms with Crippen molar-refractivity contribution >= 4 is 33.1 Å². The summed E-state index contributed by atoms with van der Waals surface area (Å²) < 4.78 is 28.1. The Morgan fingerprint density at radius 1 is 1.11 bits per heavy atom. The first-order chi connectivity index (χ1) is 17.0. The van der Waals surface area contributed by atoms with Crippen molar-refractivity contribution in [3.63, 3.8) is 0 Å². The molecule has 5 rings (SSSR count). The van der Waals surface area contributed by atoms with Crippen LogP contribution in [0.25, 0.3) is 10.2 Å². The zero-order chi connectivity index (χ0) is 24.4. The second kappa shape index (κ2) is 10.1. The molecule has 1 amide bonds. The molecule has 0 saturated carbocycles. The van der Waals surface area contributed by atoms with Crippen molar-refractivity contribution in [3.05, 3.63) is 94.0 Å². The molecule has 1 fully saturated rings. The van der Waals surface area contributed by atoms with Crippen LogP contribution in [0.5, 0.6) is 0 Å². The third kappa shape index (κ3) is 4.90. The van der Waals surface area contributed by atoms with Crippen LogP contribution in [0.1, 0.15) is 45.8 Å². The SMILES string of the molecule is O=C(c1cnc2c(CO)csc2c1NCc1cc(F)cc(F)c1)N1CCC(c2ccccc2)CC1. The van der Waals surface area contributed by atoms with Gasteiger partial charge in [-0.1, -0.05) is 30.3 Å². The van der Waals surface area contributed by atoms with E-state index in [0.29, 0.717) is 46.9 Å². The summed E-state index contributed by atoms with van der Waals surface area (Å²) in [5.74, 6) is -1.01. The molecule has 0 bridgehead atoms. The zero-order valence-electron chi connectivity index (χ0n) is 19.0. The smallest absolute Gasteiger partial charge is 0.257 e. The number of piperidine rings is 1. The zero-order valence-corrected chi connectivity index (χ0v) is 19.8. The highest BCUT2D eigenvalue weighted by Crippen LogP contribution is 2.36. The summed E-state index contributed by atoms with van der Waals surface area (Å²) in [5, 5.41) is 14.7. The van der Waals surface area contributed by atoms with Gasteiger partial charge in [0, 0.05) is 37.5 Å². The molecule has 1 aliphatic heterocycles. The second-order valence-electron chi connectivity index (χ2n) is 8.75. The van der Waals surface area contributed by atoms with Gasteiger partial charge < -0.3 is 15.3 Å². The van der Waals surface area contributed by atoms with Crippen LogP contribution in [-0.4, -0.2) is 34.0 Å². The number of carbonyl (C=O) groups excluding carboxylic acids is 1. The molecule has 180 valence electrons. The highest BCUT2D eigenvalue weighted by Gasteiger charge is 2.27. The van der Waals surface area contributed by atoms with Crippen molar-refractivity contribution in [2.45, 2.75) is 31.9 Å². The summed E-state index contributed by atoms with van der Waals surface area (Å²) in [7, 11) is 0. The maximum Gasteiger partial charge on any atom is 0.257 e. The Bertz CT molecular complexity index is 1330. The van der Waals surface area contributed by atoms with Gasteiger partial charge >= 0.3 is 0 Å². The van der Waals surface area contributed by atoms with Crippen LogP contribution in [-0.2, 0) is 13.2 Å². The van der Waals surface area contributed by atoms with Crippen molar-refractivity contribution < 1.29 is 18.7 Å². The van der Waals surface area contributed by atoms with E-state index in [4.69, 9.17) is 0 Å². The topological polar surface area (TPSA) is 65.5 Å². The molecule has 0 aliphatic carbocycles. The number of pyridine rings is 1. The van der Waals surface area contributed by atoms with Crippen molar-refractivity contribution in [1.29, 1.82) is 0 Å². The number of carbonyl (C=O) groups is 1. The number of anilines is 1. The highest BCUT2D eigenvalue weighted by molar-refractivity contribution is 7.18. The summed E-state index contributed by atoms with van der Waals surface area (Å²) in [6.45, 7) is 1.24. The molecular weight excluding hydrogens is 468 g/mol. The molecule has 3 heterocycles. The van der Waals surface area contributed by atoms with Gasteiger partial charge in [0.1, 0.15) is 11.6 Å². The van der Waals surface area contributed by atoms with E-state index < -0.39 is 11.6 Å². The number of aliphatic hydroxyl groups is 1. The van der Waals surface area contributed by atoms with Crippen LogP contribution in [0, 0.1) is 11.6 Å². The monoisotopic (exact) mass is 493 g/mol. The molecule has 4 aromatic rings. The van der Waals surface area contributed by atoms with Crippen molar-refractivity contribution in [3.8, 4) is 0 Å². The van der Waals surface area contributed by atoms with Crippen LogP contribution in [0.2, 0.25) is 0 Å². The van der Waals surface area contributed by atoms with Gasteiger partial charge in [0.25, 0.3) is 5.91 Å². The molecule has 0 unspecified atom stereocenters. The summed E-state index contributed by atoms with van der Waals surface area (Å²) in [4.78, 5) is 19.9. The maximum atomic E-state index is 13.7. The summed E-state index contributed by atoms with van der Waals surface area (Å²) >= 11 is 1.38. The predicted octanol–water partition coefficient (Wildman–Crippen LogP) is 5.70. The Kier molecular flexibility index (Phi) is 6.74. The quantitative estimate of drug-likeness (QED) is 0.362. The lowest BCUT2D eigenvalue weighted by molar-refractivity contribution is 0.0713. The average molecular weight is 494 g/mol. The number of aromatic nitrogens is 1. The van der Waals surface area contributed by atoms with Crippen LogP contribution in [0.4, 0.5) is 14.5 Å². The normalized spacial score (nSPS) is 14.4. The minimum absolute atomic E-state index is 0.127. The number of nitrogens with zero attached hydrogens (tertiary/aromatic N) is 2. The molecule has 5 nitrogen and oxygen atoms in total. The summed E-state index contributed by atoms with van der Waals surface area (Å²) in [5.41, 5.74) is 3.99. The first-order valence-corrected chi connectivity index (χ1v) is 12.4. The van der Waals surface area contributed by atoms with Gasteiger partial charge in [-0.3, -0.25) is 9.78 Å². The van der Waals surface area contributed by atoms with E-state index >= 15 is 0 Å². The fraction of sp³-hybridized carbons (Fsp3) is 0.259. The van der Waals surface area contributed by atoms with Gasteiger partial charge in [-0.05, 0) is 47.4 Å².